The van der Waals surface area contributed by atoms with Gasteiger partial charge in [0, 0.05) is 19.9 Å². The number of ether oxygens (including phenoxy) is 1. The van der Waals surface area contributed by atoms with E-state index >= 15 is 0 Å². The highest BCUT2D eigenvalue weighted by molar-refractivity contribution is 5.95. The van der Waals surface area contributed by atoms with Crippen LogP contribution in [0.2, 0.25) is 0 Å². The summed E-state index contributed by atoms with van der Waals surface area (Å²) in [4.78, 5) is 15.8. The highest BCUT2D eigenvalue weighted by Gasteiger charge is 2.09. The maximum Gasteiger partial charge on any atom is 0.253 e. The Balaban J connectivity index is 2.64. The summed E-state index contributed by atoms with van der Waals surface area (Å²) in [6.07, 6.45) is 2.46. The molecule has 1 amide bonds. The van der Waals surface area contributed by atoms with E-state index in [1.165, 1.54) is 0 Å². The van der Waals surface area contributed by atoms with E-state index < -0.39 is 0 Å². The van der Waals surface area contributed by atoms with Crippen molar-refractivity contribution in [2.45, 2.75) is 13.3 Å². The molecule has 4 nitrogen and oxygen atoms in total. The number of rotatable bonds is 5. The molecule has 0 radical (unpaired) electrons. The summed E-state index contributed by atoms with van der Waals surface area (Å²) in [5.41, 5.74) is 1.48. The first kappa shape index (κ1) is 11.7. The maximum atomic E-state index is 11.7. The molecular weight excluding hydrogens is 192 g/mol. The normalized spacial score (nSPS) is 10.0. The number of carbonyl (C=O) groups is 1. The number of hydrogen-bond donors (Lipinski definition) is 1. The average molecular weight is 208 g/mol. The SMILES string of the molecule is CCc1ncccc1C(=O)NCCOC. The summed E-state index contributed by atoms with van der Waals surface area (Å²) in [7, 11) is 1.60. The van der Waals surface area contributed by atoms with Gasteiger partial charge in [-0.1, -0.05) is 6.92 Å². The summed E-state index contributed by atoms with van der Waals surface area (Å²) in [5, 5.41) is 2.77. The molecule has 0 bridgehead atoms. The van der Waals surface area contributed by atoms with Crippen LogP contribution in [0.4, 0.5) is 0 Å². The van der Waals surface area contributed by atoms with E-state index in [4.69, 9.17) is 4.74 Å². The van der Waals surface area contributed by atoms with Gasteiger partial charge in [0.15, 0.2) is 0 Å². The predicted octanol–water partition coefficient (Wildman–Crippen LogP) is 1.02. The van der Waals surface area contributed by atoms with Crippen molar-refractivity contribution >= 4 is 5.91 Å². The number of nitrogens with one attached hydrogen (secondary N) is 1. The Morgan fingerprint density at radius 3 is 3.07 bits per heavy atom. The zero-order valence-corrected chi connectivity index (χ0v) is 9.12. The molecule has 1 heterocycles. The number of nitrogens with zero attached hydrogens (tertiary/aromatic N) is 1. The van der Waals surface area contributed by atoms with Crippen molar-refractivity contribution in [3.05, 3.63) is 29.6 Å². The molecule has 0 saturated heterocycles. The minimum absolute atomic E-state index is 0.0861. The molecule has 0 unspecified atom stereocenters. The van der Waals surface area contributed by atoms with Crippen molar-refractivity contribution in [3.63, 3.8) is 0 Å². The quantitative estimate of drug-likeness (QED) is 0.735. The molecule has 1 aromatic rings. The minimum Gasteiger partial charge on any atom is -0.383 e. The molecule has 0 spiro atoms. The number of aryl methyl sites for hydroxylation is 1. The third-order valence-electron chi connectivity index (χ3n) is 2.06. The Labute approximate surface area is 89.7 Å². The molecule has 0 aliphatic rings. The lowest BCUT2D eigenvalue weighted by molar-refractivity contribution is 0.0935. The van der Waals surface area contributed by atoms with Crippen LogP contribution in [-0.4, -0.2) is 31.2 Å². The van der Waals surface area contributed by atoms with Crippen LogP contribution in [0.3, 0.4) is 0 Å². The lowest BCUT2D eigenvalue weighted by Crippen LogP contribution is -2.28. The fraction of sp³-hybridized carbons (Fsp3) is 0.455. The first-order valence-electron chi connectivity index (χ1n) is 5.00. The monoisotopic (exact) mass is 208 g/mol. The number of pyridine rings is 1. The van der Waals surface area contributed by atoms with Crippen LogP contribution in [0.25, 0.3) is 0 Å². The molecule has 1 rings (SSSR count). The van der Waals surface area contributed by atoms with Gasteiger partial charge in [-0.05, 0) is 18.6 Å². The molecule has 82 valence electrons. The van der Waals surface area contributed by atoms with Gasteiger partial charge in [-0.3, -0.25) is 9.78 Å². The fourth-order valence-corrected chi connectivity index (χ4v) is 1.29. The van der Waals surface area contributed by atoms with Crippen LogP contribution >= 0.6 is 0 Å². The van der Waals surface area contributed by atoms with Crippen molar-refractivity contribution in [2.75, 3.05) is 20.3 Å². The van der Waals surface area contributed by atoms with Crippen LogP contribution in [-0.2, 0) is 11.2 Å². The Bertz CT molecular complexity index is 326. The van der Waals surface area contributed by atoms with Gasteiger partial charge < -0.3 is 10.1 Å². The zero-order chi connectivity index (χ0) is 11.1. The molecule has 0 saturated carbocycles. The van der Waals surface area contributed by atoms with E-state index in [9.17, 15) is 4.79 Å². The molecule has 0 aromatic carbocycles. The molecule has 0 aliphatic carbocycles. The predicted molar refractivity (Wildman–Crippen MR) is 57.8 cm³/mol. The van der Waals surface area contributed by atoms with Gasteiger partial charge in [-0.15, -0.1) is 0 Å². The number of carbonyl (C=O) groups excluding carboxylic acids is 1. The summed E-state index contributed by atoms with van der Waals surface area (Å²) in [6.45, 7) is 3.02. The largest absolute Gasteiger partial charge is 0.383 e. The highest BCUT2D eigenvalue weighted by atomic mass is 16.5. The van der Waals surface area contributed by atoms with Gasteiger partial charge in [0.2, 0.25) is 0 Å². The van der Waals surface area contributed by atoms with Crippen LogP contribution in [0, 0.1) is 0 Å². The third kappa shape index (κ3) is 3.32. The summed E-state index contributed by atoms with van der Waals surface area (Å²) < 4.78 is 4.85. The lowest BCUT2D eigenvalue weighted by atomic mass is 10.1. The Hall–Kier alpha value is -1.42. The van der Waals surface area contributed by atoms with E-state index in [2.05, 4.69) is 10.3 Å². The van der Waals surface area contributed by atoms with Gasteiger partial charge in [0.25, 0.3) is 5.91 Å². The van der Waals surface area contributed by atoms with Gasteiger partial charge in [0.05, 0.1) is 17.9 Å². The van der Waals surface area contributed by atoms with Crippen molar-refractivity contribution < 1.29 is 9.53 Å². The molecule has 1 N–H and O–H groups in total. The molecule has 0 aliphatic heterocycles. The van der Waals surface area contributed by atoms with Crippen molar-refractivity contribution in [1.82, 2.24) is 10.3 Å². The number of methoxy groups -OCH3 is 1. The number of hydrogen-bond acceptors (Lipinski definition) is 3. The topological polar surface area (TPSA) is 51.2 Å². The molecule has 4 heteroatoms. The Morgan fingerprint density at radius 2 is 2.40 bits per heavy atom. The van der Waals surface area contributed by atoms with E-state index in [0.29, 0.717) is 18.7 Å². The highest BCUT2D eigenvalue weighted by Crippen LogP contribution is 2.05. The Kier molecular flexibility index (Phi) is 4.77. The van der Waals surface area contributed by atoms with Gasteiger partial charge in [-0.25, -0.2) is 0 Å². The van der Waals surface area contributed by atoms with E-state index in [-0.39, 0.29) is 5.91 Å². The summed E-state index contributed by atoms with van der Waals surface area (Å²) in [6, 6.07) is 3.55. The van der Waals surface area contributed by atoms with Crippen LogP contribution in [0.5, 0.6) is 0 Å². The fourth-order valence-electron chi connectivity index (χ4n) is 1.29. The first-order valence-corrected chi connectivity index (χ1v) is 5.00. The smallest absolute Gasteiger partial charge is 0.253 e. The second kappa shape index (κ2) is 6.14. The first-order chi connectivity index (χ1) is 7.29. The van der Waals surface area contributed by atoms with E-state index in [0.717, 1.165) is 12.1 Å². The summed E-state index contributed by atoms with van der Waals surface area (Å²) >= 11 is 0. The van der Waals surface area contributed by atoms with Gasteiger partial charge in [0.1, 0.15) is 0 Å². The molecule has 0 fully saturated rings. The minimum atomic E-state index is -0.0861. The van der Waals surface area contributed by atoms with E-state index in [1.54, 1.807) is 25.4 Å². The molecule has 0 atom stereocenters. The second-order valence-corrected chi connectivity index (χ2v) is 3.10. The number of amides is 1. The molecule has 1 aromatic heterocycles. The standard InChI is InChI=1S/C11H16N2O2/c1-3-10-9(5-4-6-12-10)11(14)13-7-8-15-2/h4-6H,3,7-8H2,1-2H3,(H,13,14). The third-order valence-corrected chi connectivity index (χ3v) is 2.06. The van der Waals surface area contributed by atoms with Gasteiger partial charge in [-0.2, -0.15) is 0 Å². The molecule has 15 heavy (non-hydrogen) atoms. The maximum absolute atomic E-state index is 11.7. The Morgan fingerprint density at radius 1 is 1.60 bits per heavy atom. The van der Waals surface area contributed by atoms with Crippen molar-refractivity contribution in [3.8, 4) is 0 Å². The second-order valence-electron chi connectivity index (χ2n) is 3.10. The van der Waals surface area contributed by atoms with Crippen LogP contribution in [0.1, 0.15) is 23.0 Å². The zero-order valence-electron chi connectivity index (χ0n) is 9.12. The van der Waals surface area contributed by atoms with Gasteiger partial charge >= 0.3 is 0 Å². The van der Waals surface area contributed by atoms with Crippen molar-refractivity contribution in [2.24, 2.45) is 0 Å². The van der Waals surface area contributed by atoms with Crippen molar-refractivity contribution in [1.29, 1.82) is 0 Å². The van der Waals surface area contributed by atoms with E-state index in [1.807, 2.05) is 6.92 Å². The average Bonchev–Trinajstić information content (AvgIpc) is 2.29. The molecular formula is C11H16N2O2. The summed E-state index contributed by atoms with van der Waals surface area (Å²) in [5.74, 6) is -0.0861. The lowest BCUT2D eigenvalue weighted by Gasteiger charge is -2.07. The van der Waals surface area contributed by atoms with Crippen LogP contribution < -0.4 is 5.32 Å². The number of aromatic nitrogens is 1. The van der Waals surface area contributed by atoms with Crippen LogP contribution in [0.15, 0.2) is 18.3 Å².